The molecule has 2 amide bonds. The third-order valence-corrected chi connectivity index (χ3v) is 4.59. The Labute approximate surface area is 154 Å². The minimum absolute atomic E-state index is 0.0761. The van der Waals surface area contributed by atoms with E-state index in [1.807, 2.05) is 54.3 Å². The second-order valence-electron chi connectivity index (χ2n) is 6.61. The van der Waals surface area contributed by atoms with Crippen molar-refractivity contribution in [3.8, 4) is 0 Å². The maximum absolute atomic E-state index is 12.5. The van der Waals surface area contributed by atoms with Crippen LogP contribution in [0.3, 0.4) is 0 Å². The first-order chi connectivity index (χ1) is 12.6. The molecule has 0 bridgehead atoms. The molecule has 0 fully saturated rings. The van der Waals surface area contributed by atoms with Gasteiger partial charge in [-0.05, 0) is 37.1 Å². The minimum atomic E-state index is -0.290. The second-order valence-corrected chi connectivity index (χ2v) is 6.61. The van der Waals surface area contributed by atoms with Gasteiger partial charge in [-0.3, -0.25) is 9.59 Å². The van der Waals surface area contributed by atoms with Crippen LogP contribution in [0.1, 0.15) is 42.6 Å². The summed E-state index contributed by atoms with van der Waals surface area (Å²) in [6.07, 6.45) is 1.98. The van der Waals surface area contributed by atoms with Crippen LogP contribution < -0.4 is 15.5 Å². The van der Waals surface area contributed by atoms with Gasteiger partial charge in [0.25, 0.3) is 5.91 Å². The summed E-state index contributed by atoms with van der Waals surface area (Å²) < 4.78 is 0. The zero-order valence-electron chi connectivity index (χ0n) is 15.3. The lowest BCUT2D eigenvalue weighted by Crippen LogP contribution is -2.46. The van der Waals surface area contributed by atoms with Crippen molar-refractivity contribution in [2.45, 2.75) is 39.3 Å². The lowest BCUT2D eigenvalue weighted by molar-refractivity contribution is -0.119. The highest BCUT2D eigenvalue weighted by molar-refractivity contribution is 6.06. The van der Waals surface area contributed by atoms with Crippen LogP contribution in [-0.2, 0) is 11.3 Å². The van der Waals surface area contributed by atoms with E-state index < -0.39 is 0 Å². The van der Waals surface area contributed by atoms with Crippen LogP contribution in [0.5, 0.6) is 0 Å². The fourth-order valence-electron chi connectivity index (χ4n) is 3.10. The number of nitrogens with zero attached hydrogens (tertiary/aromatic N) is 1. The molecule has 26 heavy (non-hydrogen) atoms. The van der Waals surface area contributed by atoms with Crippen molar-refractivity contribution >= 4 is 23.2 Å². The molecule has 1 aliphatic rings. The van der Waals surface area contributed by atoms with E-state index in [4.69, 9.17) is 0 Å². The second kappa shape index (κ2) is 8.04. The SMILES string of the molecule is CCCCN1C(=O)C(C)Nc2cc(C(=O)NCc3ccccc3)ccc21. The normalized spacial score (nSPS) is 16.0. The van der Waals surface area contributed by atoms with E-state index in [1.54, 1.807) is 6.07 Å². The predicted molar refractivity (Wildman–Crippen MR) is 104 cm³/mol. The Hall–Kier alpha value is -2.82. The third kappa shape index (κ3) is 3.87. The van der Waals surface area contributed by atoms with E-state index in [0.717, 1.165) is 29.8 Å². The van der Waals surface area contributed by atoms with E-state index in [1.165, 1.54) is 0 Å². The van der Waals surface area contributed by atoms with Crippen molar-refractivity contribution in [1.82, 2.24) is 5.32 Å². The number of carbonyl (C=O) groups excluding carboxylic acids is 2. The van der Waals surface area contributed by atoms with Gasteiger partial charge >= 0.3 is 0 Å². The average Bonchev–Trinajstić information content (AvgIpc) is 2.67. The summed E-state index contributed by atoms with van der Waals surface area (Å²) in [6.45, 7) is 5.15. The van der Waals surface area contributed by atoms with Gasteiger partial charge in [0.05, 0.1) is 11.4 Å². The number of hydrogen-bond donors (Lipinski definition) is 2. The van der Waals surface area contributed by atoms with Gasteiger partial charge in [0.15, 0.2) is 0 Å². The van der Waals surface area contributed by atoms with Crippen molar-refractivity contribution < 1.29 is 9.59 Å². The topological polar surface area (TPSA) is 61.4 Å². The van der Waals surface area contributed by atoms with E-state index in [0.29, 0.717) is 18.7 Å². The summed E-state index contributed by atoms with van der Waals surface area (Å²) in [7, 11) is 0. The Morgan fingerprint density at radius 1 is 1.19 bits per heavy atom. The number of benzene rings is 2. The first kappa shape index (κ1) is 18.0. The van der Waals surface area contributed by atoms with Crippen molar-refractivity contribution in [3.05, 3.63) is 59.7 Å². The molecule has 5 nitrogen and oxygen atoms in total. The van der Waals surface area contributed by atoms with Crippen LogP contribution in [-0.4, -0.2) is 24.4 Å². The molecule has 2 aromatic carbocycles. The van der Waals surface area contributed by atoms with Gasteiger partial charge in [-0.15, -0.1) is 0 Å². The fourth-order valence-corrected chi connectivity index (χ4v) is 3.10. The fraction of sp³-hybridized carbons (Fsp3) is 0.333. The zero-order valence-corrected chi connectivity index (χ0v) is 15.3. The lowest BCUT2D eigenvalue weighted by Gasteiger charge is -2.34. The molecule has 136 valence electrons. The summed E-state index contributed by atoms with van der Waals surface area (Å²) in [6, 6.07) is 15.0. The Morgan fingerprint density at radius 3 is 2.69 bits per heavy atom. The van der Waals surface area contributed by atoms with Crippen molar-refractivity contribution in [1.29, 1.82) is 0 Å². The molecule has 2 N–H and O–H groups in total. The van der Waals surface area contributed by atoms with Gasteiger partial charge in [-0.1, -0.05) is 43.7 Å². The van der Waals surface area contributed by atoms with Crippen LogP contribution in [0.4, 0.5) is 11.4 Å². The number of hydrogen-bond acceptors (Lipinski definition) is 3. The van der Waals surface area contributed by atoms with Gasteiger partial charge < -0.3 is 15.5 Å². The summed E-state index contributed by atoms with van der Waals surface area (Å²) in [4.78, 5) is 26.8. The molecule has 2 aromatic rings. The maximum atomic E-state index is 12.5. The molecule has 0 spiro atoms. The summed E-state index contributed by atoms with van der Waals surface area (Å²) in [5.74, 6) is -0.0460. The highest BCUT2D eigenvalue weighted by Gasteiger charge is 2.29. The Kier molecular flexibility index (Phi) is 5.56. The van der Waals surface area contributed by atoms with E-state index in [-0.39, 0.29) is 17.9 Å². The summed E-state index contributed by atoms with van der Waals surface area (Å²) in [5, 5.41) is 6.15. The van der Waals surface area contributed by atoms with Crippen LogP contribution in [0.2, 0.25) is 0 Å². The molecule has 1 atom stereocenters. The molecule has 5 heteroatoms. The number of carbonyl (C=O) groups is 2. The monoisotopic (exact) mass is 351 g/mol. The number of unbranched alkanes of at least 4 members (excludes halogenated alkanes) is 1. The number of nitrogens with one attached hydrogen (secondary N) is 2. The quantitative estimate of drug-likeness (QED) is 0.836. The van der Waals surface area contributed by atoms with E-state index in [2.05, 4.69) is 17.6 Å². The molecule has 3 rings (SSSR count). The van der Waals surface area contributed by atoms with E-state index in [9.17, 15) is 9.59 Å². The standard InChI is InChI=1S/C21H25N3O2/c1-3-4-12-24-19-11-10-17(13-18(19)23-15(2)21(24)26)20(25)22-14-16-8-6-5-7-9-16/h5-11,13,15,23H,3-4,12,14H2,1-2H3,(H,22,25). The number of rotatable bonds is 6. The first-order valence-corrected chi connectivity index (χ1v) is 9.14. The zero-order chi connectivity index (χ0) is 18.5. The van der Waals surface area contributed by atoms with E-state index >= 15 is 0 Å². The average molecular weight is 351 g/mol. The van der Waals surface area contributed by atoms with Gasteiger partial charge in [-0.25, -0.2) is 0 Å². The summed E-state index contributed by atoms with van der Waals surface area (Å²) in [5.41, 5.74) is 3.33. The number of amides is 2. The highest BCUT2D eigenvalue weighted by Crippen LogP contribution is 2.32. The lowest BCUT2D eigenvalue weighted by atomic mass is 10.1. The van der Waals surface area contributed by atoms with Gasteiger partial charge in [-0.2, -0.15) is 0 Å². The molecule has 0 saturated carbocycles. The van der Waals surface area contributed by atoms with Gasteiger partial charge in [0.1, 0.15) is 6.04 Å². The van der Waals surface area contributed by atoms with Gasteiger partial charge in [0.2, 0.25) is 5.91 Å². The minimum Gasteiger partial charge on any atom is -0.372 e. The van der Waals surface area contributed by atoms with Crippen LogP contribution in [0.15, 0.2) is 48.5 Å². The molecular weight excluding hydrogens is 326 g/mol. The summed E-state index contributed by atoms with van der Waals surface area (Å²) >= 11 is 0. The van der Waals surface area contributed by atoms with Gasteiger partial charge in [0, 0.05) is 18.7 Å². The molecule has 0 aliphatic carbocycles. The third-order valence-electron chi connectivity index (χ3n) is 4.59. The predicted octanol–water partition coefficient (Wildman–Crippen LogP) is 3.56. The number of fused-ring (bicyclic) bond motifs is 1. The number of anilines is 2. The van der Waals surface area contributed by atoms with Crippen molar-refractivity contribution in [2.75, 3.05) is 16.8 Å². The Bertz CT molecular complexity index is 789. The van der Waals surface area contributed by atoms with Crippen molar-refractivity contribution in [2.24, 2.45) is 0 Å². The molecule has 1 unspecified atom stereocenters. The molecular formula is C21H25N3O2. The van der Waals surface area contributed by atoms with Crippen molar-refractivity contribution in [3.63, 3.8) is 0 Å². The van der Waals surface area contributed by atoms with Crippen LogP contribution in [0.25, 0.3) is 0 Å². The highest BCUT2D eigenvalue weighted by atomic mass is 16.2. The Balaban J connectivity index is 1.76. The van der Waals surface area contributed by atoms with Crippen LogP contribution in [0, 0.1) is 0 Å². The molecule has 0 radical (unpaired) electrons. The van der Waals surface area contributed by atoms with Crippen LogP contribution >= 0.6 is 0 Å². The maximum Gasteiger partial charge on any atom is 0.251 e. The largest absolute Gasteiger partial charge is 0.372 e. The first-order valence-electron chi connectivity index (χ1n) is 9.14. The molecule has 1 aliphatic heterocycles. The molecule has 0 aromatic heterocycles. The molecule has 1 heterocycles. The Morgan fingerprint density at radius 2 is 1.96 bits per heavy atom. The molecule has 0 saturated heterocycles. The smallest absolute Gasteiger partial charge is 0.251 e.